The van der Waals surface area contributed by atoms with Crippen LogP contribution in [0.2, 0.25) is 0 Å². The third kappa shape index (κ3) is 3.68. The highest BCUT2D eigenvalue weighted by atomic mass is 32.1. The van der Waals surface area contributed by atoms with Crippen molar-refractivity contribution in [1.29, 1.82) is 0 Å². The number of nitrogens with zero attached hydrogens (tertiary/aromatic N) is 2. The molecule has 1 aliphatic heterocycles. The SMILES string of the molecule is CC(=O)Nc1nc2c(s1)CN(CCc1ccccc1)CC2. The van der Waals surface area contributed by atoms with Crippen molar-refractivity contribution >= 4 is 22.4 Å². The van der Waals surface area contributed by atoms with Crippen LogP contribution in [-0.2, 0) is 24.2 Å². The first kappa shape index (κ1) is 14.2. The lowest BCUT2D eigenvalue weighted by atomic mass is 10.1. The second kappa shape index (κ2) is 6.37. The molecule has 2 heterocycles. The molecule has 21 heavy (non-hydrogen) atoms. The van der Waals surface area contributed by atoms with Gasteiger partial charge in [0.2, 0.25) is 5.91 Å². The average Bonchev–Trinajstić information content (AvgIpc) is 2.86. The number of carbonyl (C=O) groups excluding carboxylic acids is 1. The maximum absolute atomic E-state index is 11.1. The molecule has 5 heteroatoms. The lowest BCUT2D eigenvalue weighted by Crippen LogP contribution is -2.31. The standard InChI is InChI=1S/C16H19N3OS/c1-12(20)17-16-18-14-8-10-19(11-15(14)21-16)9-7-13-5-3-2-4-6-13/h2-6H,7-11H2,1H3,(H,17,18,20). The largest absolute Gasteiger partial charge is 0.302 e. The fraction of sp³-hybridized carbons (Fsp3) is 0.375. The monoisotopic (exact) mass is 301 g/mol. The van der Waals surface area contributed by atoms with Gasteiger partial charge in [-0.2, -0.15) is 0 Å². The molecule has 1 aromatic carbocycles. The Balaban J connectivity index is 1.59. The molecule has 4 nitrogen and oxygen atoms in total. The Hall–Kier alpha value is -1.72. The fourth-order valence-corrected chi connectivity index (χ4v) is 3.67. The second-order valence-corrected chi connectivity index (χ2v) is 6.42. The molecule has 0 spiro atoms. The summed E-state index contributed by atoms with van der Waals surface area (Å²) >= 11 is 1.60. The minimum absolute atomic E-state index is 0.0537. The van der Waals surface area contributed by atoms with Gasteiger partial charge in [0.25, 0.3) is 0 Å². The summed E-state index contributed by atoms with van der Waals surface area (Å²) in [6.45, 7) is 4.58. The number of amides is 1. The number of nitrogens with one attached hydrogen (secondary N) is 1. The lowest BCUT2D eigenvalue weighted by Gasteiger charge is -2.25. The topological polar surface area (TPSA) is 45.2 Å². The minimum atomic E-state index is -0.0537. The van der Waals surface area contributed by atoms with Gasteiger partial charge < -0.3 is 5.32 Å². The minimum Gasteiger partial charge on any atom is -0.302 e. The third-order valence-electron chi connectivity index (χ3n) is 3.65. The van der Waals surface area contributed by atoms with Crippen molar-refractivity contribution in [2.24, 2.45) is 0 Å². The Morgan fingerprint density at radius 3 is 2.95 bits per heavy atom. The Labute approximate surface area is 128 Å². The molecule has 0 radical (unpaired) electrons. The number of aromatic nitrogens is 1. The number of rotatable bonds is 4. The van der Waals surface area contributed by atoms with Crippen molar-refractivity contribution < 1.29 is 4.79 Å². The summed E-state index contributed by atoms with van der Waals surface area (Å²) < 4.78 is 0. The van der Waals surface area contributed by atoms with E-state index in [4.69, 9.17) is 0 Å². The van der Waals surface area contributed by atoms with Crippen LogP contribution in [0.3, 0.4) is 0 Å². The molecule has 0 saturated heterocycles. The van der Waals surface area contributed by atoms with Gasteiger partial charge in [-0.3, -0.25) is 9.69 Å². The molecule has 0 fully saturated rings. The van der Waals surface area contributed by atoms with E-state index in [0.29, 0.717) is 0 Å². The van der Waals surface area contributed by atoms with Crippen LogP contribution in [0.15, 0.2) is 30.3 Å². The normalized spacial score (nSPS) is 14.7. The second-order valence-electron chi connectivity index (χ2n) is 5.33. The van der Waals surface area contributed by atoms with Crippen LogP contribution < -0.4 is 5.32 Å². The first-order chi connectivity index (χ1) is 10.2. The first-order valence-electron chi connectivity index (χ1n) is 7.23. The van der Waals surface area contributed by atoms with E-state index in [1.807, 2.05) is 0 Å². The molecular formula is C16H19N3OS. The smallest absolute Gasteiger partial charge is 0.223 e. The van der Waals surface area contributed by atoms with E-state index in [1.54, 1.807) is 11.3 Å². The van der Waals surface area contributed by atoms with Crippen LogP contribution in [-0.4, -0.2) is 28.9 Å². The van der Waals surface area contributed by atoms with Gasteiger partial charge in [-0.25, -0.2) is 4.98 Å². The molecule has 2 aromatic rings. The number of fused-ring (bicyclic) bond motifs is 1. The van der Waals surface area contributed by atoms with Gasteiger partial charge in [-0.05, 0) is 12.0 Å². The Morgan fingerprint density at radius 1 is 1.38 bits per heavy atom. The highest BCUT2D eigenvalue weighted by molar-refractivity contribution is 7.15. The van der Waals surface area contributed by atoms with Gasteiger partial charge in [-0.15, -0.1) is 11.3 Å². The van der Waals surface area contributed by atoms with Crippen LogP contribution in [0.4, 0.5) is 5.13 Å². The summed E-state index contributed by atoms with van der Waals surface area (Å²) in [6.07, 6.45) is 2.05. The van der Waals surface area contributed by atoms with Crippen LogP contribution in [0.25, 0.3) is 0 Å². The molecule has 0 saturated carbocycles. The predicted molar refractivity (Wildman–Crippen MR) is 85.5 cm³/mol. The Kier molecular flexibility index (Phi) is 4.31. The van der Waals surface area contributed by atoms with Crippen molar-refractivity contribution in [2.75, 3.05) is 18.4 Å². The number of thiazole rings is 1. The predicted octanol–water partition coefficient (Wildman–Crippen LogP) is 2.70. The molecule has 0 unspecified atom stereocenters. The molecule has 3 rings (SSSR count). The molecule has 1 amide bonds. The van der Waals surface area contributed by atoms with E-state index < -0.39 is 0 Å². The summed E-state index contributed by atoms with van der Waals surface area (Å²) in [4.78, 5) is 19.4. The van der Waals surface area contributed by atoms with E-state index >= 15 is 0 Å². The number of benzene rings is 1. The maximum Gasteiger partial charge on any atom is 0.223 e. The van der Waals surface area contributed by atoms with Gasteiger partial charge >= 0.3 is 0 Å². The van der Waals surface area contributed by atoms with Crippen molar-refractivity contribution in [1.82, 2.24) is 9.88 Å². The fourth-order valence-electron chi connectivity index (χ4n) is 2.58. The maximum atomic E-state index is 11.1. The molecule has 1 aromatic heterocycles. The number of anilines is 1. The van der Waals surface area contributed by atoms with Crippen LogP contribution in [0.5, 0.6) is 0 Å². The molecule has 1 aliphatic rings. The van der Waals surface area contributed by atoms with Crippen LogP contribution in [0.1, 0.15) is 23.1 Å². The summed E-state index contributed by atoms with van der Waals surface area (Å²) in [7, 11) is 0. The summed E-state index contributed by atoms with van der Waals surface area (Å²) in [5, 5.41) is 3.52. The average molecular weight is 301 g/mol. The molecule has 0 aliphatic carbocycles. The Morgan fingerprint density at radius 2 is 2.19 bits per heavy atom. The highest BCUT2D eigenvalue weighted by Crippen LogP contribution is 2.28. The van der Waals surface area contributed by atoms with Crippen molar-refractivity contribution in [3.63, 3.8) is 0 Å². The van der Waals surface area contributed by atoms with E-state index in [-0.39, 0.29) is 5.91 Å². The molecule has 1 N–H and O–H groups in total. The van der Waals surface area contributed by atoms with Crippen LogP contribution >= 0.6 is 11.3 Å². The van der Waals surface area contributed by atoms with Gasteiger partial charge in [0, 0.05) is 37.9 Å². The zero-order valence-electron chi connectivity index (χ0n) is 12.1. The summed E-state index contributed by atoms with van der Waals surface area (Å²) in [5.74, 6) is -0.0537. The van der Waals surface area contributed by atoms with Gasteiger partial charge in [0.05, 0.1) is 5.69 Å². The first-order valence-corrected chi connectivity index (χ1v) is 8.05. The summed E-state index contributed by atoms with van der Waals surface area (Å²) in [5.41, 5.74) is 2.53. The van der Waals surface area contributed by atoms with Gasteiger partial charge in [0.1, 0.15) is 0 Å². The van der Waals surface area contributed by atoms with Gasteiger partial charge in [0.15, 0.2) is 5.13 Å². The molecule has 0 bridgehead atoms. The lowest BCUT2D eigenvalue weighted by molar-refractivity contribution is -0.114. The van der Waals surface area contributed by atoms with Crippen LogP contribution in [0, 0.1) is 0 Å². The van der Waals surface area contributed by atoms with E-state index in [2.05, 4.69) is 45.5 Å². The van der Waals surface area contributed by atoms with Crippen molar-refractivity contribution in [3.8, 4) is 0 Å². The van der Waals surface area contributed by atoms with E-state index in [1.165, 1.54) is 17.4 Å². The molecule has 110 valence electrons. The quantitative estimate of drug-likeness (QED) is 0.944. The van der Waals surface area contributed by atoms with E-state index in [0.717, 1.165) is 43.3 Å². The van der Waals surface area contributed by atoms with E-state index in [9.17, 15) is 4.79 Å². The number of hydrogen-bond acceptors (Lipinski definition) is 4. The van der Waals surface area contributed by atoms with Gasteiger partial charge in [-0.1, -0.05) is 30.3 Å². The number of carbonyl (C=O) groups is 1. The molecule has 0 atom stereocenters. The zero-order chi connectivity index (χ0) is 14.7. The molecular weight excluding hydrogens is 282 g/mol. The Bertz CT molecular complexity index is 624. The summed E-state index contributed by atoms with van der Waals surface area (Å²) in [6, 6.07) is 10.6. The van der Waals surface area contributed by atoms with Crippen molar-refractivity contribution in [3.05, 3.63) is 46.5 Å². The third-order valence-corrected chi connectivity index (χ3v) is 4.65. The zero-order valence-corrected chi connectivity index (χ0v) is 12.9. The highest BCUT2D eigenvalue weighted by Gasteiger charge is 2.20. The number of hydrogen-bond donors (Lipinski definition) is 1. The van der Waals surface area contributed by atoms with Crippen molar-refractivity contribution in [2.45, 2.75) is 26.3 Å².